The molecule has 0 aliphatic rings. The second-order valence-corrected chi connectivity index (χ2v) is 8.41. The SMILES string of the molecule is C=Cc1ccc(N(c2ccc(C)cc2)c2ccc3ccc4cccc5ccc2c3c45)cc1. The van der Waals surface area contributed by atoms with E-state index in [0.717, 1.165) is 16.9 Å². The predicted molar refractivity (Wildman–Crippen MR) is 140 cm³/mol. The van der Waals surface area contributed by atoms with Crippen LogP contribution in [-0.4, -0.2) is 0 Å². The molecule has 0 heterocycles. The summed E-state index contributed by atoms with van der Waals surface area (Å²) in [5.41, 5.74) is 5.84. The predicted octanol–water partition coefficient (Wildman–Crippen LogP) is 9.01. The van der Waals surface area contributed by atoms with E-state index >= 15 is 0 Å². The quantitative estimate of drug-likeness (QED) is 0.263. The third kappa shape index (κ3) is 2.86. The van der Waals surface area contributed by atoms with Crippen molar-refractivity contribution >= 4 is 55.5 Å². The maximum absolute atomic E-state index is 3.91. The maximum atomic E-state index is 3.91. The van der Waals surface area contributed by atoms with Crippen LogP contribution in [0.3, 0.4) is 0 Å². The lowest BCUT2D eigenvalue weighted by Gasteiger charge is -2.28. The molecule has 1 nitrogen and oxygen atoms in total. The molecule has 6 rings (SSSR count). The third-order valence-electron chi connectivity index (χ3n) is 6.43. The molecular formula is C31H23N. The minimum Gasteiger partial charge on any atom is -0.310 e. The van der Waals surface area contributed by atoms with Crippen LogP contribution in [0.2, 0.25) is 0 Å². The molecule has 0 aliphatic carbocycles. The maximum Gasteiger partial charge on any atom is 0.0540 e. The molecular weight excluding hydrogens is 386 g/mol. The highest BCUT2D eigenvalue weighted by Gasteiger charge is 2.18. The Morgan fingerprint density at radius 3 is 1.81 bits per heavy atom. The standard InChI is InChI=1S/C31H23N/c1-3-22-9-17-27(18-10-22)32(26-15-7-21(2)8-16-26)29-20-14-25-12-11-23-5-4-6-24-13-19-28(29)31(25)30(23)24/h3-20H,1H2,2H3. The van der Waals surface area contributed by atoms with Crippen LogP contribution in [0.1, 0.15) is 11.1 Å². The molecule has 1 heteroatoms. The average Bonchev–Trinajstić information content (AvgIpc) is 2.85. The Balaban J connectivity index is 1.67. The van der Waals surface area contributed by atoms with Gasteiger partial charge in [0.25, 0.3) is 0 Å². The smallest absolute Gasteiger partial charge is 0.0540 e. The van der Waals surface area contributed by atoms with Crippen molar-refractivity contribution in [2.45, 2.75) is 6.92 Å². The molecule has 0 amide bonds. The fourth-order valence-corrected chi connectivity index (χ4v) is 4.80. The molecule has 32 heavy (non-hydrogen) atoms. The lowest BCUT2D eigenvalue weighted by molar-refractivity contribution is 1.29. The molecule has 6 aromatic carbocycles. The normalized spacial score (nSPS) is 11.4. The largest absolute Gasteiger partial charge is 0.310 e. The Bertz CT molecular complexity index is 1560. The van der Waals surface area contributed by atoms with Gasteiger partial charge < -0.3 is 4.90 Å². The van der Waals surface area contributed by atoms with Gasteiger partial charge in [-0.25, -0.2) is 0 Å². The highest BCUT2D eigenvalue weighted by molar-refractivity contribution is 6.25. The first-order chi connectivity index (χ1) is 15.7. The monoisotopic (exact) mass is 409 g/mol. The Labute approximate surface area is 188 Å². The fraction of sp³-hybridized carbons (Fsp3) is 0.0323. The second-order valence-electron chi connectivity index (χ2n) is 8.41. The number of aryl methyl sites for hydroxylation is 1. The van der Waals surface area contributed by atoms with Gasteiger partial charge in [-0.1, -0.05) is 91.0 Å². The van der Waals surface area contributed by atoms with E-state index in [9.17, 15) is 0 Å². The number of nitrogens with zero attached hydrogens (tertiary/aromatic N) is 1. The fourth-order valence-electron chi connectivity index (χ4n) is 4.80. The molecule has 0 spiro atoms. The summed E-state index contributed by atoms with van der Waals surface area (Å²) in [6.07, 6.45) is 1.89. The second kappa shape index (κ2) is 7.25. The van der Waals surface area contributed by atoms with Crippen LogP contribution >= 0.6 is 0 Å². The summed E-state index contributed by atoms with van der Waals surface area (Å²) in [4.78, 5) is 2.36. The van der Waals surface area contributed by atoms with Gasteiger partial charge in [0.05, 0.1) is 5.69 Å². The van der Waals surface area contributed by atoms with Crippen molar-refractivity contribution in [1.82, 2.24) is 0 Å². The van der Waals surface area contributed by atoms with Crippen molar-refractivity contribution in [2.75, 3.05) is 4.90 Å². The third-order valence-corrected chi connectivity index (χ3v) is 6.43. The molecule has 0 atom stereocenters. The van der Waals surface area contributed by atoms with Crippen LogP contribution in [0.25, 0.3) is 38.4 Å². The lowest BCUT2D eigenvalue weighted by Crippen LogP contribution is -2.10. The van der Waals surface area contributed by atoms with Gasteiger partial charge >= 0.3 is 0 Å². The molecule has 0 fully saturated rings. The van der Waals surface area contributed by atoms with E-state index in [1.165, 1.54) is 43.6 Å². The van der Waals surface area contributed by atoms with Gasteiger partial charge in [-0.2, -0.15) is 0 Å². The van der Waals surface area contributed by atoms with Gasteiger partial charge in [-0.15, -0.1) is 0 Å². The summed E-state index contributed by atoms with van der Waals surface area (Å²) in [7, 11) is 0. The van der Waals surface area contributed by atoms with Gasteiger partial charge in [0, 0.05) is 16.8 Å². The number of hydrogen-bond acceptors (Lipinski definition) is 1. The van der Waals surface area contributed by atoms with Gasteiger partial charge in [0.15, 0.2) is 0 Å². The number of hydrogen-bond donors (Lipinski definition) is 0. The van der Waals surface area contributed by atoms with Gasteiger partial charge in [-0.3, -0.25) is 0 Å². The number of anilines is 3. The topological polar surface area (TPSA) is 3.24 Å². The van der Waals surface area contributed by atoms with E-state index in [1.54, 1.807) is 0 Å². The van der Waals surface area contributed by atoms with E-state index < -0.39 is 0 Å². The van der Waals surface area contributed by atoms with Crippen molar-refractivity contribution in [3.63, 3.8) is 0 Å². The molecule has 0 aliphatic heterocycles. The zero-order valence-electron chi connectivity index (χ0n) is 18.0. The van der Waals surface area contributed by atoms with Crippen molar-refractivity contribution < 1.29 is 0 Å². The summed E-state index contributed by atoms with van der Waals surface area (Å²) in [5, 5.41) is 7.79. The Morgan fingerprint density at radius 2 is 1.16 bits per heavy atom. The van der Waals surface area contributed by atoms with Gasteiger partial charge in [0.1, 0.15) is 0 Å². The number of benzene rings is 6. The zero-order chi connectivity index (χ0) is 21.7. The summed E-state index contributed by atoms with van der Waals surface area (Å²) in [6, 6.07) is 37.4. The van der Waals surface area contributed by atoms with Crippen molar-refractivity contribution in [3.05, 3.63) is 121 Å². The van der Waals surface area contributed by atoms with Gasteiger partial charge in [0.2, 0.25) is 0 Å². The van der Waals surface area contributed by atoms with Crippen molar-refractivity contribution in [3.8, 4) is 0 Å². The summed E-state index contributed by atoms with van der Waals surface area (Å²) >= 11 is 0. The summed E-state index contributed by atoms with van der Waals surface area (Å²) in [6.45, 7) is 6.03. The number of rotatable bonds is 4. The van der Waals surface area contributed by atoms with Crippen molar-refractivity contribution in [1.29, 1.82) is 0 Å². The Kier molecular flexibility index (Phi) is 4.22. The van der Waals surface area contributed by atoms with E-state index in [4.69, 9.17) is 0 Å². The van der Waals surface area contributed by atoms with Gasteiger partial charge in [-0.05, 0) is 69.8 Å². The van der Waals surface area contributed by atoms with Crippen LogP contribution in [-0.2, 0) is 0 Å². The molecule has 0 saturated heterocycles. The summed E-state index contributed by atoms with van der Waals surface area (Å²) < 4.78 is 0. The first-order valence-electron chi connectivity index (χ1n) is 11.0. The Hall–Kier alpha value is -4.10. The molecule has 0 radical (unpaired) electrons. The average molecular weight is 410 g/mol. The molecule has 0 N–H and O–H groups in total. The highest BCUT2D eigenvalue weighted by Crippen LogP contribution is 2.43. The molecule has 152 valence electrons. The zero-order valence-corrected chi connectivity index (χ0v) is 18.0. The minimum absolute atomic E-state index is 1.12. The highest BCUT2D eigenvalue weighted by atomic mass is 15.1. The first kappa shape index (κ1) is 18.7. The van der Waals surface area contributed by atoms with E-state index in [2.05, 4.69) is 122 Å². The van der Waals surface area contributed by atoms with Crippen LogP contribution < -0.4 is 4.90 Å². The van der Waals surface area contributed by atoms with Crippen molar-refractivity contribution in [2.24, 2.45) is 0 Å². The van der Waals surface area contributed by atoms with Crippen LogP contribution in [0.15, 0.2) is 110 Å². The Morgan fingerprint density at radius 1 is 0.594 bits per heavy atom. The van der Waals surface area contributed by atoms with Crippen LogP contribution in [0.5, 0.6) is 0 Å². The lowest BCUT2D eigenvalue weighted by atomic mass is 9.93. The summed E-state index contributed by atoms with van der Waals surface area (Å²) in [5.74, 6) is 0. The molecule has 0 aromatic heterocycles. The van der Waals surface area contributed by atoms with E-state index in [-0.39, 0.29) is 0 Å². The minimum atomic E-state index is 1.12. The molecule has 6 aromatic rings. The molecule has 0 bridgehead atoms. The van der Waals surface area contributed by atoms with Crippen LogP contribution in [0.4, 0.5) is 17.1 Å². The molecule has 0 unspecified atom stereocenters. The molecule has 0 saturated carbocycles. The van der Waals surface area contributed by atoms with Crippen LogP contribution in [0, 0.1) is 6.92 Å². The van der Waals surface area contributed by atoms with E-state index in [0.29, 0.717) is 0 Å². The van der Waals surface area contributed by atoms with E-state index in [1.807, 2.05) is 6.08 Å². The first-order valence-corrected chi connectivity index (χ1v) is 11.0.